The van der Waals surface area contributed by atoms with Gasteiger partial charge in [0, 0.05) is 35.5 Å². The third-order valence-corrected chi connectivity index (χ3v) is 8.14. The molecular formula is C28H29N3O4S. The number of amides is 1. The fourth-order valence-corrected chi connectivity index (χ4v) is 6.25. The Balaban J connectivity index is 1.44. The van der Waals surface area contributed by atoms with Crippen molar-refractivity contribution in [1.29, 1.82) is 0 Å². The van der Waals surface area contributed by atoms with E-state index in [1.807, 2.05) is 42.2 Å². The lowest BCUT2D eigenvalue weighted by Gasteiger charge is -2.39. The van der Waals surface area contributed by atoms with E-state index < -0.39 is 4.92 Å². The van der Waals surface area contributed by atoms with E-state index in [0.29, 0.717) is 27.9 Å². The van der Waals surface area contributed by atoms with Crippen LogP contribution in [0.25, 0.3) is 17.4 Å². The minimum Gasteiger partial charge on any atom is -0.457 e. The number of hydrogen-bond donors (Lipinski definition) is 1. The van der Waals surface area contributed by atoms with Gasteiger partial charge < -0.3 is 14.6 Å². The first-order valence-electron chi connectivity index (χ1n) is 12.3. The van der Waals surface area contributed by atoms with Crippen molar-refractivity contribution in [3.63, 3.8) is 0 Å². The van der Waals surface area contributed by atoms with Crippen molar-refractivity contribution < 1.29 is 14.1 Å². The second-order valence-corrected chi connectivity index (χ2v) is 10.6. The van der Waals surface area contributed by atoms with Crippen molar-refractivity contribution in [2.75, 3.05) is 5.32 Å². The number of thioether (sulfide) groups is 1. The zero-order valence-corrected chi connectivity index (χ0v) is 21.2. The second-order valence-electron chi connectivity index (χ2n) is 9.49. The molecule has 36 heavy (non-hydrogen) atoms. The van der Waals surface area contributed by atoms with E-state index >= 15 is 0 Å². The van der Waals surface area contributed by atoms with Gasteiger partial charge in [0.1, 0.15) is 11.5 Å². The fraction of sp³-hybridized carbons (Fsp3) is 0.321. The number of rotatable bonds is 6. The summed E-state index contributed by atoms with van der Waals surface area (Å²) in [5.41, 5.74) is 2.33. The smallest absolute Gasteiger partial charge is 0.270 e. The predicted octanol–water partition coefficient (Wildman–Crippen LogP) is 7.05. The van der Waals surface area contributed by atoms with Gasteiger partial charge in [0.25, 0.3) is 11.6 Å². The molecule has 0 spiro atoms. The number of carbonyl (C=O) groups excluding carboxylic acids is 1. The summed E-state index contributed by atoms with van der Waals surface area (Å²) in [7, 11) is 0. The van der Waals surface area contributed by atoms with Gasteiger partial charge in [-0.1, -0.05) is 55.8 Å². The Kier molecular flexibility index (Phi) is 6.87. The van der Waals surface area contributed by atoms with Gasteiger partial charge in [0.15, 0.2) is 5.50 Å². The molecule has 2 aromatic carbocycles. The molecule has 3 aromatic rings. The van der Waals surface area contributed by atoms with Crippen molar-refractivity contribution in [2.24, 2.45) is 5.92 Å². The van der Waals surface area contributed by atoms with Gasteiger partial charge >= 0.3 is 0 Å². The summed E-state index contributed by atoms with van der Waals surface area (Å²) in [4.78, 5) is 27.1. The molecule has 1 aromatic heterocycles. The molecule has 186 valence electrons. The summed E-state index contributed by atoms with van der Waals surface area (Å²) in [5.74, 6) is 1.53. The van der Waals surface area contributed by atoms with Gasteiger partial charge in [0.05, 0.1) is 9.83 Å². The molecule has 5 rings (SSSR count). The Labute approximate surface area is 214 Å². The van der Waals surface area contributed by atoms with Crippen LogP contribution in [0, 0.1) is 23.0 Å². The average molecular weight is 504 g/mol. The standard InChI is InChI=1S/C28H29N3O4S/c1-18-12-13-21(31(33)34)16-23(18)25-15-14-22(35-25)17-26-27(32)30(24-11-7-6-8-19(24)2)28(36-26)29-20-9-4-3-5-10-20/h3-5,9-10,12-17,19,24,28-29H,6-8,11H2,1-2H3/b26-17-/t19-,24+,28?/m1/s1. The molecule has 3 atom stereocenters. The van der Waals surface area contributed by atoms with E-state index in [4.69, 9.17) is 4.42 Å². The molecule has 2 heterocycles. The average Bonchev–Trinajstić information content (AvgIpc) is 3.45. The molecule has 7 nitrogen and oxygen atoms in total. The normalized spacial score (nSPS) is 23.3. The van der Waals surface area contributed by atoms with Crippen molar-refractivity contribution in [1.82, 2.24) is 4.90 Å². The Morgan fingerprint density at radius 1 is 1.11 bits per heavy atom. The topological polar surface area (TPSA) is 88.6 Å². The van der Waals surface area contributed by atoms with Gasteiger partial charge in [-0.3, -0.25) is 14.9 Å². The summed E-state index contributed by atoms with van der Waals surface area (Å²) in [6.45, 7) is 4.13. The predicted molar refractivity (Wildman–Crippen MR) is 143 cm³/mol. The Bertz CT molecular complexity index is 1300. The van der Waals surface area contributed by atoms with Crippen LogP contribution in [0.15, 0.2) is 70.0 Å². The maximum Gasteiger partial charge on any atom is 0.270 e. The highest BCUT2D eigenvalue weighted by Crippen LogP contribution is 2.42. The molecule has 0 bridgehead atoms. The number of para-hydroxylation sites is 1. The molecule has 1 N–H and O–H groups in total. The molecule has 1 saturated carbocycles. The lowest BCUT2D eigenvalue weighted by Crippen LogP contribution is -2.48. The van der Waals surface area contributed by atoms with E-state index in [2.05, 4.69) is 12.2 Å². The third-order valence-electron chi connectivity index (χ3n) is 7.02. The summed E-state index contributed by atoms with van der Waals surface area (Å²) >= 11 is 1.50. The maximum atomic E-state index is 13.7. The summed E-state index contributed by atoms with van der Waals surface area (Å²) < 4.78 is 6.05. The van der Waals surface area contributed by atoms with Crippen LogP contribution in [0.2, 0.25) is 0 Å². The zero-order chi connectivity index (χ0) is 25.2. The van der Waals surface area contributed by atoms with Crippen LogP contribution >= 0.6 is 11.8 Å². The van der Waals surface area contributed by atoms with Gasteiger partial charge in [-0.25, -0.2) is 0 Å². The van der Waals surface area contributed by atoms with Crippen molar-refractivity contribution in [2.45, 2.75) is 51.1 Å². The van der Waals surface area contributed by atoms with Crippen LogP contribution in [0.4, 0.5) is 11.4 Å². The summed E-state index contributed by atoms with van der Waals surface area (Å²) in [6.07, 6.45) is 6.25. The van der Waals surface area contributed by atoms with E-state index in [0.717, 1.165) is 30.5 Å². The Morgan fingerprint density at radius 2 is 1.89 bits per heavy atom. The molecule has 8 heteroatoms. The van der Waals surface area contributed by atoms with Crippen molar-refractivity contribution in [3.8, 4) is 11.3 Å². The number of benzene rings is 2. The van der Waals surface area contributed by atoms with E-state index in [1.165, 1.54) is 30.3 Å². The van der Waals surface area contributed by atoms with Crippen LogP contribution in [0.1, 0.15) is 43.9 Å². The number of non-ortho nitro benzene ring substituents is 1. The number of anilines is 1. The van der Waals surface area contributed by atoms with Crippen LogP contribution in [0.3, 0.4) is 0 Å². The number of nitrogens with zero attached hydrogens (tertiary/aromatic N) is 2. The van der Waals surface area contributed by atoms with E-state index in [1.54, 1.807) is 24.3 Å². The van der Waals surface area contributed by atoms with Gasteiger partial charge in [-0.05, 0) is 55.5 Å². The molecule has 1 unspecified atom stereocenters. The first-order valence-corrected chi connectivity index (χ1v) is 13.2. The van der Waals surface area contributed by atoms with Gasteiger partial charge in [-0.2, -0.15) is 0 Å². The van der Waals surface area contributed by atoms with E-state index in [-0.39, 0.29) is 23.1 Å². The molecule has 1 saturated heterocycles. The Hall–Kier alpha value is -3.52. The SMILES string of the molecule is Cc1ccc([N+](=O)[O-])cc1-c1ccc(/C=C2\SC(Nc3ccccc3)N([C@H]3CCCC[C@H]3C)C2=O)o1. The highest BCUT2D eigenvalue weighted by atomic mass is 32.2. The lowest BCUT2D eigenvalue weighted by molar-refractivity contribution is -0.384. The summed E-state index contributed by atoms with van der Waals surface area (Å²) in [5, 5.41) is 14.8. The molecule has 1 aliphatic heterocycles. The monoisotopic (exact) mass is 503 g/mol. The number of nitro benzene ring substituents is 1. The molecular weight excluding hydrogens is 474 g/mol. The number of aryl methyl sites for hydroxylation is 1. The lowest BCUT2D eigenvalue weighted by atomic mass is 9.85. The summed E-state index contributed by atoms with van der Waals surface area (Å²) in [6, 6.07) is 18.5. The zero-order valence-electron chi connectivity index (χ0n) is 20.3. The maximum absolute atomic E-state index is 13.7. The van der Waals surface area contributed by atoms with E-state index in [9.17, 15) is 14.9 Å². The highest BCUT2D eigenvalue weighted by molar-refractivity contribution is 8.05. The Morgan fingerprint density at radius 3 is 2.64 bits per heavy atom. The fourth-order valence-electron chi connectivity index (χ4n) is 5.06. The first kappa shape index (κ1) is 24.2. The third kappa shape index (κ3) is 4.91. The number of hydrogen-bond acceptors (Lipinski definition) is 6. The number of furan rings is 1. The minimum absolute atomic E-state index is 0.0108. The number of nitro groups is 1. The van der Waals surface area contributed by atoms with Gasteiger partial charge in [-0.15, -0.1) is 0 Å². The van der Waals surface area contributed by atoms with Crippen LogP contribution < -0.4 is 5.32 Å². The van der Waals surface area contributed by atoms with Crippen LogP contribution in [-0.4, -0.2) is 27.3 Å². The minimum atomic E-state index is -0.413. The van der Waals surface area contributed by atoms with Crippen molar-refractivity contribution >= 4 is 35.1 Å². The number of nitrogens with one attached hydrogen (secondary N) is 1. The molecule has 1 amide bonds. The van der Waals surface area contributed by atoms with Gasteiger partial charge in [0.2, 0.25) is 0 Å². The molecule has 1 aliphatic carbocycles. The molecule has 0 radical (unpaired) electrons. The first-order chi connectivity index (χ1) is 17.4. The van der Waals surface area contributed by atoms with Crippen LogP contribution in [-0.2, 0) is 4.79 Å². The highest BCUT2D eigenvalue weighted by Gasteiger charge is 2.43. The van der Waals surface area contributed by atoms with Crippen molar-refractivity contribution in [3.05, 3.63) is 87.0 Å². The van der Waals surface area contributed by atoms with Crippen LogP contribution in [0.5, 0.6) is 0 Å². The second kappa shape index (κ2) is 10.2. The largest absolute Gasteiger partial charge is 0.457 e. The quantitative estimate of drug-likeness (QED) is 0.220. The molecule has 2 aliphatic rings. The molecule has 2 fully saturated rings. The number of carbonyl (C=O) groups is 1.